The fourth-order valence-electron chi connectivity index (χ4n) is 2.05. The van der Waals surface area contributed by atoms with Gasteiger partial charge in [0, 0.05) is 5.54 Å². The highest BCUT2D eigenvalue weighted by Gasteiger charge is 2.51. The van der Waals surface area contributed by atoms with E-state index < -0.39 is 0 Å². The van der Waals surface area contributed by atoms with Gasteiger partial charge < -0.3 is 15.0 Å². The number of nitrogens with two attached hydrogens (primary N) is 1. The summed E-state index contributed by atoms with van der Waals surface area (Å²) in [7, 11) is -0.306. The maximum absolute atomic E-state index is 6.08. The van der Waals surface area contributed by atoms with Crippen LogP contribution in [0.25, 0.3) is 0 Å². The highest BCUT2D eigenvalue weighted by molar-refractivity contribution is 6.62. The lowest BCUT2D eigenvalue weighted by atomic mass is 9.78. The Morgan fingerprint density at radius 2 is 1.37 bits per heavy atom. The summed E-state index contributed by atoms with van der Waals surface area (Å²) in [5.74, 6) is 0. The molecule has 0 saturated carbocycles. The van der Waals surface area contributed by atoms with Gasteiger partial charge in [-0.25, -0.2) is 0 Å². The standard InChI is InChI=1S/C15H24BNO2/c1-13(2,17)11-7-9-12(10-8-11)16-18-14(3,4)15(5,6)19-16/h7-10H,17H2,1-6H3. The van der Waals surface area contributed by atoms with Crippen molar-refractivity contribution in [3.63, 3.8) is 0 Å². The molecule has 2 rings (SSSR count). The van der Waals surface area contributed by atoms with Gasteiger partial charge in [-0.3, -0.25) is 0 Å². The van der Waals surface area contributed by atoms with Crippen LogP contribution in [0.4, 0.5) is 0 Å². The van der Waals surface area contributed by atoms with Gasteiger partial charge in [0.25, 0.3) is 0 Å². The summed E-state index contributed by atoms with van der Waals surface area (Å²) in [6, 6.07) is 8.15. The van der Waals surface area contributed by atoms with Crippen LogP contribution in [0.2, 0.25) is 0 Å². The van der Waals surface area contributed by atoms with Crippen LogP contribution in [-0.2, 0) is 14.8 Å². The Kier molecular flexibility index (Phi) is 3.32. The largest absolute Gasteiger partial charge is 0.494 e. The van der Waals surface area contributed by atoms with E-state index in [-0.39, 0.29) is 23.9 Å². The summed E-state index contributed by atoms with van der Waals surface area (Å²) in [6.45, 7) is 12.2. The Morgan fingerprint density at radius 3 is 1.74 bits per heavy atom. The van der Waals surface area contributed by atoms with Crippen molar-refractivity contribution in [2.45, 2.75) is 58.3 Å². The van der Waals surface area contributed by atoms with E-state index in [0.29, 0.717) is 0 Å². The summed E-state index contributed by atoms with van der Waals surface area (Å²) in [5, 5.41) is 0. The summed E-state index contributed by atoms with van der Waals surface area (Å²) >= 11 is 0. The third kappa shape index (κ3) is 2.71. The summed E-state index contributed by atoms with van der Waals surface area (Å²) in [6.07, 6.45) is 0. The quantitative estimate of drug-likeness (QED) is 0.830. The van der Waals surface area contributed by atoms with Crippen LogP contribution in [0, 0.1) is 0 Å². The predicted molar refractivity (Wildman–Crippen MR) is 79.4 cm³/mol. The third-order valence-corrected chi connectivity index (χ3v) is 4.18. The molecule has 1 saturated heterocycles. The average molecular weight is 261 g/mol. The van der Waals surface area contributed by atoms with E-state index in [2.05, 4.69) is 27.7 Å². The molecule has 0 amide bonds. The molecule has 0 atom stereocenters. The number of hydrogen-bond acceptors (Lipinski definition) is 3. The Labute approximate surface area is 116 Å². The number of benzene rings is 1. The van der Waals surface area contributed by atoms with E-state index in [1.807, 2.05) is 38.1 Å². The van der Waals surface area contributed by atoms with Gasteiger partial charge in [-0.15, -0.1) is 0 Å². The van der Waals surface area contributed by atoms with Crippen LogP contribution < -0.4 is 11.2 Å². The lowest BCUT2D eigenvalue weighted by Crippen LogP contribution is -2.41. The van der Waals surface area contributed by atoms with Crippen LogP contribution in [0.3, 0.4) is 0 Å². The molecule has 1 heterocycles. The number of hydrogen-bond donors (Lipinski definition) is 1. The molecular formula is C15H24BNO2. The number of rotatable bonds is 2. The zero-order valence-electron chi connectivity index (χ0n) is 12.8. The van der Waals surface area contributed by atoms with Crippen LogP contribution >= 0.6 is 0 Å². The molecule has 0 unspecified atom stereocenters. The first kappa shape index (κ1) is 14.6. The molecule has 0 spiro atoms. The molecule has 2 N–H and O–H groups in total. The van der Waals surface area contributed by atoms with Gasteiger partial charge >= 0.3 is 7.12 Å². The van der Waals surface area contributed by atoms with Crippen LogP contribution in [-0.4, -0.2) is 18.3 Å². The molecule has 1 fully saturated rings. The second-order valence-electron chi connectivity index (χ2n) is 6.93. The highest BCUT2D eigenvalue weighted by atomic mass is 16.7. The SMILES string of the molecule is CC(C)(N)c1ccc(B2OC(C)(C)C(C)(C)O2)cc1. The average Bonchev–Trinajstić information content (AvgIpc) is 2.47. The van der Waals surface area contributed by atoms with Crippen molar-refractivity contribution in [2.75, 3.05) is 0 Å². The predicted octanol–water partition coefficient (Wildman–Crippen LogP) is 2.18. The second kappa shape index (κ2) is 4.34. The molecule has 104 valence electrons. The van der Waals surface area contributed by atoms with Crippen LogP contribution in [0.1, 0.15) is 47.1 Å². The molecule has 4 heteroatoms. The second-order valence-corrected chi connectivity index (χ2v) is 6.93. The molecule has 1 aliphatic heterocycles. The molecule has 19 heavy (non-hydrogen) atoms. The molecule has 1 aliphatic rings. The van der Waals surface area contributed by atoms with E-state index in [0.717, 1.165) is 11.0 Å². The van der Waals surface area contributed by atoms with Crippen molar-refractivity contribution in [3.8, 4) is 0 Å². The van der Waals surface area contributed by atoms with Crippen molar-refractivity contribution < 1.29 is 9.31 Å². The maximum Gasteiger partial charge on any atom is 0.494 e. The van der Waals surface area contributed by atoms with Gasteiger partial charge in [0.05, 0.1) is 11.2 Å². The zero-order chi connectivity index (χ0) is 14.5. The first-order chi connectivity index (χ1) is 8.53. The first-order valence-electron chi connectivity index (χ1n) is 6.78. The maximum atomic E-state index is 6.08. The van der Waals surface area contributed by atoms with Crippen LogP contribution in [0.15, 0.2) is 24.3 Å². The van der Waals surface area contributed by atoms with Crippen molar-refractivity contribution in [2.24, 2.45) is 5.73 Å². The summed E-state index contributed by atoms with van der Waals surface area (Å²) in [5.41, 5.74) is 7.29. The summed E-state index contributed by atoms with van der Waals surface area (Å²) in [4.78, 5) is 0. The molecular weight excluding hydrogens is 237 g/mol. The van der Waals surface area contributed by atoms with E-state index in [1.54, 1.807) is 0 Å². The Balaban J connectivity index is 2.22. The Bertz CT molecular complexity index is 444. The van der Waals surface area contributed by atoms with Gasteiger partial charge in [-0.05, 0) is 52.6 Å². The minimum absolute atomic E-state index is 0.302. The van der Waals surface area contributed by atoms with Crippen molar-refractivity contribution >= 4 is 12.6 Å². The monoisotopic (exact) mass is 261 g/mol. The molecule has 3 nitrogen and oxygen atoms in total. The molecule has 0 aromatic heterocycles. The fraction of sp³-hybridized carbons (Fsp3) is 0.600. The Hall–Kier alpha value is -0.835. The van der Waals surface area contributed by atoms with Crippen molar-refractivity contribution in [3.05, 3.63) is 29.8 Å². The van der Waals surface area contributed by atoms with Gasteiger partial charge in [-0.1, -0.05) is 24.3 Å². The molecule has 1 aromatic carbocycles. The van der Waals surface area contributed by atoms with Gasteiger partial charge in [0.2, 0.25) is 0 Å². The fourth-order valence-corrected chi connectivity index (χ4v) is 2.05. The smallest absolute Gasteiger partial charge is 0.399 e. The molecule has 0 bridgehead atoms. The minimum Gasteiger partial charge on any atom is -0.399 e. The van der Waals surface area contributed by atoms with E-state index in [9.17, 15) is 0 Å². The van der Waals surface area contributed by atoms with Gasteiger partial charge in [0.15, 0.2) is 0 Å². The molecule has 1 aromatic rings. The van der Waals surface area contributed by atoms with Gasteiger partial charge in [0.1, 0.15) is 0 Å². The Morgan fingerprint density at radius 1 is 0.947 bits per heavy atom. The zero-order valence-corrected chi connectivity index (χ0v) is 12.8. The highest BCUT2D eigenvalue weighted by Crippen LogP contribution is 2.36. The van der Waals surface area contributed by atoms with Crippen LogP contribution in [0.5, 0.6) is 0 Å². The normalized spacial score (nSPS) is 21.7. The first-order valence-corrected chi connectivity index (χ1v) is 6.78. The lowest BCUT2D eigenvalue weighted by molar-refractivity contribution is 0.00578. The minimum atomic E-state index is -0.325. The molecule has 0 aliphatic carbocycles. The van der Waals surface area contributed by atoms with Crippen molar-refractivity contribution in [1.29, 1.82) is 0 Å². The molecule has 0 radical (unpaired) electrons. The van der Waals surface area contributed by atoms with E-state index in [1.165, 1.54) is 0 Å². The summed E-state index contributed by atoms with van der Waals surface area (Å²) < 4.78 is 12.0. The van der Waals surface area contributed by atoms with E-state index >= 15 is 0 Å². The van der Waals surface area contributed by atoms with Gasteiger partial charge in [-0.2, -0.15) is 0 Å². The topological polar surface area (TPSA) is 44.5 Å². The third-order valence-electron chi connectivity index (χ3n) is 4.18. The van der Waals surface area contributed by atoms with Crippen molar-refractivity contribution in [1.82, 2.24) is 0 Å². The lowest BCUT2D eigenvalue weighted by Gasteiger charge is -2.32. The van der Waals surface area contributed by atoms with E-state index in [4.69, 9.17) is 15.0 Å².